The molecule has 27 nitrogen and oxygen atoms in total. The highest BCUT2D eigenvalue weighted by Gasteiger charge is 2.60. The molecule has 508 valence electrons. The van der Waals surface area contributed by atoms with Crippen LogP contribution in [0.5, 0.6) is 0 Å². The van der Waals surface area contributed by atoms with Crippen molar-refractivity contribution in [2.45, 2.75) is 168 Å². The van der Waals surface area contributed by atoms with Crippen LogP contribution < -0.4 is 43.4 Å². The molecule has 0 aromatic heterocycles. The van der Waals surface area contributed by atoms with Crippen molar-refractivity contribution in [1.82, 2.24) is 41.7 Å². The molecule has 7 aliphatic rings. The van der Waals surface area contributed by atoms with Crippen LogP contribution >= 0.6 is 0 Å². The molecule has 0 radical (unpaired) electrons. The van der Waals surface area contributed by atoms with Gasteiger partial charge in [-0.05, 0) is 122 Å². The molecule has 10 N–H and O–H groups in total. The Labute approximate surface area is 546 Å². The van der Waals surface area contributed by atoms with Gasteiger partial charge < -0.3 is 48.2 Å². The lowest BCUT2D eigenvalue weighted by molar-refractivity contribution is -0.142. The van der Waals surface area contributed by atoms with Crippen LogP contribution in [0.15, 0.2) is 64.6 Å². The standard InChI is InChI=1S/C39H51N7O8.C28H39N5O7/c1-22(47)17-29-36(51)45-30(18-24-9-4-3-5-10-24)37(52)44-28(12-6-7-16-46-38(53)33-25-13-14-26(19-25)34(33)39(46)54)31(48)20-27(11-8-15-41-23(2)40)35(50)42-21-32(49)43-29;1-15(34)6-9-22(36)21(13-16(2)35)32-26(38)20(5-4-11-30-17(3)29)31-23(37)10-12-33-27(39)24-18-7-8-19(14-18)25(24)28(33)40/h3-5,9-10,13-14,25-30,33-34H,6-8,11-12,15-21H2,1-2H3,(H2,40,41)(H,42,50)(H,43,49)(H,44,52)(H,45,51);7-8,18-21,24-25H,4-6,9-14H2,1-3H3,(H2,29,30)(H,31,37)(H,32,38)/t25?,26?,27-,28+,29?,30-,33?,34?;18?,19?,20-,21-,24?,25?/m10/s1. The van der Waals surface area contributed by atoms with E-state index in [1.54, 1.807) is 44.2 Å². The number of allylic oxidation sites excluding steroid dienone is 4. The maximum Gasteiger partial charge on any atom is 0.243 e. The number of imide groups is 2. The third-order valence-electron chi connectivity index (χ3n) is 18.5. The number of carbonyl (C=O) groups excluding carboxylic acids is 15. The first-order chi connectivity index (χ1) is 44.7. The number of unbranched alkanes of at least 4 members (excludes halogenated alkanes) is 1. The van der Waals surface area contributed by atoms with E-state index in [0.29, 0.717) is 56.0 Å². The van der Waals surface area contributed by atoms with Gasteiger partial charge in [0.25, 0.3) is 0 Å². The summed E-state index contributed by atoms with van der Waals surface area (Å²) in [6, 6.07) is 3.15. The van der Waals surface area contributed by atoms with Gasteiger partial charge in [-0.3, -0.25) is 86.9 Å². The number of ketones is 5. The zero-order valence-corrected chi connectivity index (χ0v) is 54.2. The molecule has 14 atom stereocenters. The Morgan fingerprint density at radius 2 is 1.11 bits per heavy atom. The van der Waals surface area contributed by atoms with Crippen LogP contribution in [-0.4, -0.2) is 172 Å². The molecule has 4 bridgehead atoms. The Hall–Kier alpha value is -8.91. The number of nitrogens with one attached hydrogen (secondary N) is 6. The highest BCUT2D eigenvalue weighted by atomic mass is 16.2. The van der Waals surface area contributed by atoms with E-state index in [1.807, 2.05) is 24.3 Å². The number of hydrogen-bond acceptors (Lipinski definition) is 17. The van der Waals surface area contributed by atoms with E-state index in [4.69, 9.17) is 11.5 Å². The molecular formula is C67H90N12O15. The van der Waals surface area contributed by atoms with Gasteiger partial charge in [-0.2, -0.15) is 0 Å². The van der Waals surface area contributed by atoms with E-state index in [2.05, 4.69) is 41.9 Å². The Morgan fingerprint density at radius 3 is 1.65 bits per heavy atom. The lowest BCUT2D eigenvalue weighted by Crippen LogP contribution is -2.57. The Balaban J connectivity index is 0.000000278. The van der Waals surface area contributed by atoms with Gasteiger partial charge in [-0.1, -0.05) is 54.6 Å². The molecule has 3 saturated heterocycles. The van der Waals surface area contributed by atoms with E-state index < -0.39 is 89.7 Å². The second-order valence-corrected chi connectivity index (χ2v) is 25.9. The predicted octanol–water partition coefficient (Wildman–Crippen LogP) is 0.730. The fourth-order valence-corrected chi connectivity index (χ4v) is 13.8. The number of aliphatic imine (C=N–C) groups is 2. The summed E-state index contributed by atoms with van der Waals surface area (Å²) in [7, 11) is 0. The molecule has 94 heavy (non-hydrogen) atoms. The molecule has 10 amide bonds. The van der Waals surface area contributed by atoms with Gasteiger partial charge in [0.2, 0.25) is 59.1 Å². The van der Waals surface area contributed by atoms with E-state index in [-0.39, 0.29) is 166 Å². The van der Waals surface area contributed by atoms with E-state index in [0.717, 1.165) is 17.7 Å². The van der Waals surface area contributed by atoms with Gasteiger partial charge in [0, 0.05) is 77.0 Å². The number of nitrogens with zero attached hydrogens (tertiary/aromatic N) is 4. The first-order valence-electron chi connectivity index (χ1n) is 32.7. The maximum atomic E-state index is 14.1. The molecule has 4 aliphatic carbocycles. The molecular weight excluding hydrogens is 1210 g/mol. The van der Waals surface area contributed by atoms with Crippen molar-refractivity contribution >= 4 is 99.7 Å². The lowest BCUT2D eigenvalue weighted by atomic mass is 9.85. The number of amidine groups is 2. The molecule has 0 spiro atoms. The van der Waals surface area contributed by atoms with Crippen molar-refractivity contribution in [3.8, 4) is 0 Å². The number of fused-ring (bicyclic) bond motifs is 10. The fourth-order valence-electron chi connectivity index (χ4n) is 13.8. The minimum atomic E-state index is -1.32. The van der Waals surface area contributed by atoms with Crippen molar-refractivity contribution in [3.05, 3.63) is 60.2 Å². The summed E-state index contributed by atoms with van der Waals surface area (Å²) in [4.78, 5) is 205. The number of rotatable bonds is 29. The monoisotopic (exact) mass is 1300 g/mol. The van der Waals surface area contributed by atoms with Gasteiger partial charge in [0.05, 0.1) is 54.0 Å². The lowest BCUT2D eigenvalue weighted by Gasteiger charge is -2.26. The largest absolute Gasteiger partial charge is 0.388 e. The third kappa shape index (κ3) is 19.6. The van der Waals surface area contributed by atoms with Crippen molar-refractivity contribution < 1.29 is 71.9 Å². The number of hydrogen-bond donors (Lipinski definition) is 8. The first kappa shape index (κ1) is 72.5. The Morgan fingerprint density at radius 1 is 0.564 bits per heavy atom. The van der Waals surface area contributed by atoms with Gasteiger partial charge in [0.1, 0.15) is 35.5 Å². The molecule has 3 aliphatic heterocycles. The predicted molar refractivity (Wildman–Crippen MR) is 342 cm³/mol. The van der Waals surface area contributed by atoms with Crippen molar-refractivity contribution in [1.29, 1.82) is 0 Å². The second kappa shape index (κ2) is 33.8. The molecule has 9 unspecified atom stereocenters. The normalized spacial score (nSPS) is 27.3. The SMILES string of the molecule is CC(=O)CC1NC(=O)CNC(=O)[C@H](CCCN=C(C)N)CC(=O)[C@H](CCCCN2C(=O)C3C4C=CC(C4)C3C2=O)NC(=O)[C@@H](Cc2ccccc2)NC1=O.CC(=O)CCC(=O)[C@H](CC(C)=O)NC(=O)[C@H](CCCN=C(C)N)NC(=O)CCN1C(=O)C2C3C=CC(C3)C2C1=O. The van der Waals surface area contributed by atoms with Gasteiger partial charge in [-0.15, -0.1) is 0 Å². The third-order valence-corrected chi connectivity index (χ3v) is 18.5. The number of benzene rings is 1. The number of likely N-dealkylation sites (tertiary alicyclic amines) is 2. The molecule has 5 fully saturated rings. The van der Waals surface area contributed by atoms with Crippen LogP contribution in [0.3, 0.4) is 0 Å². The minimum Gasteiger partial charge on any atom is -0.388 e. The quantitative estimate of drug-likeness (QED) is 0.0180. The summed E-state index contributed by atoms with van der Waals surface area (Å²) in [6.45, 7) is 7.40. The summed E-state index contributed by atoms with van der Waals surface area (Å²) in [5, 5.41) is 15.8. The average molecular weight is 1300 g/mol. The van der Waals surface area contributed by atoms with Crippen LogP contribution in [-0.2, 0) is 78.3 Å². The highest BCUT2D eigenvalue weighted by molar-refractivity contribution is 6.08. The average Bonchev–Trinajstić information content (AvgIpc) is 1.59. The zero-order chi connectivity index (χ0) is 68.5. The van der Waals surface area contributed by atoms with Crippen LogP contribution in [0.25, 0.3) is 0 Å². The summed E-state index contributed by atoms with van der Waals surface area (Å²) in [6.07, 6.45) is 10.7. The van der Waals surface area contributed by atoms with Crippen molar-refractivity contribution in [2.75, 3.05) is 32.7 Å². The van der Waals surface area contributed by atoms with E-state index in [9.17, 15) is 71.9 Å². The summed E-state index contributed by atoms with van der Waals surface area (Å²) < 4.78 is 0. The number of Topliss-reactive ketones (excluding diaryl/α,β-unsaturated/α-hetero) is 5. The van der Waals surface area contributed by atoms with Crippen LogP contribution in [0.1, 0.15) is 136 Å². The van der Waals surface area contributed by atoms with Gasteiger partial charge >= 0.3 is 0 Å². The van der Waals surface area contributed by atoms with Crippen LogP contribution in [0.2, 0.25) is 0 Å². The number of carbonyl (C=O) groups is 15. The molecule has 3 heterocycles. The highest BCUT2D eigenvalue weighted by Crippen LogP contribution is 2.53. The zero-order valence-electron chi connectivity index (χ0n) is 54.2. The Kier molecular flexibility index (Phi) is 26.1. The first-order valence-corrected chi connectivity index (χ1v) is 32.7. The molecule has 8 rings (SSSR count). The van der Waals surface area contributed by atoms with E-state index >= 15 is 0 Å². The summed E-state index contributed by atoms with van der Waals surface area (Å²) in [5.41, 5.74) is 11.9. The van der Waals surface area contributed by atoms with E-state index in [1.165, 1.54) is 25.7 Å². The topological polar surface area (TPSA) is 411 Å². The molecule has 2 saturated carbocycles. The molecule has 27 heteroatoms. The van der Waals surface area contributed by atoms with Crippen molar-refractivity contribution in [3.63, 3.8) is 0 Å². The van der Waals surface area contributed by atoms with Crippen molar-refractivity contribution in [2.24, 2.45) is 74.7 Å². The summed E-state index contributed by atoms with van der Waals surface area (Å²) >= 11 is 0. The summed E-state index contributed by atoms with van der Waals surface area (Å²) in [5.74, 6) is -7.64. The van der Waals surface area contributed by atoms with Gasteiger partial charge in [-0.25, -0.2) is 0 Å². The number of nitrogens with two attached hydrogens (primary N) is 2. The fraction of sp³-hybridized carbons (Fsp3) is 0.597. The van der Waals surface area contributed by atoms with Crippen LogP contribution in [0, 0.1) is 53.3 Å². The van der Waals surface area contributed by atoms with Crippen LogP contribution in [0.4, 0.5) is 0 Å². The second-order valence-electron chi connectivity index (χ2n) is 25.9. The molecule has 1 aromatic rings. The maximum absolute atomic E-state index is 14.1. The minimum absolute atomic E-state index is 0.00702. The molecule has 1 aromatic carbocycles. The smallest absolute Gasteiger partial charge is 0.243 e. The van der Waals surface area contributed by atoms with Gasteiger partial charge in [0.15, 0.2) is 11.6 Å². The Bertz CT molecular complexity index is 3170. The number of amides is 10.